The van der Waals surface area contributed by atoms with E-state index in [-0.39, 0.29) is 41.8 Å². The number of rotatable bonds is 9. The van der Waals surface area contributed by atoms with Gasteiger partial charge in [0.1, 0.15) is 6.04 Å². The number of hydrogen-bond donors (Lipinski definition) is 1. The minimum absolute atomic E-state index is 0.0782. The van der Waals surface area contributed by atoms with E-state index in [1.54, 1.807) is 31.9 Å². The van der Waals surface area contributed by atoms with Crippen molar-refractivity contribution < 1.29 is 19.1 Å². The van der Waals surface area contributed by atoms with E-state index in [0.29, 0.717) is 12.2 Å². The molecule has 0 spiro atoms. The molecule has 1 N–H and O–H groups in total. The molecule has 3 atom stereocenters. The first kappa shape index (κ1) is 29.1. The van der Waals surface area contributed by atoms with Gasteiger partial charge in [0.05, 0.1) is 18.7 Å². The third-order valence-corrected chi connectivity index (χ3v) is 6.41. The second-order valence-electron chi connectivity index (χ2n) is 10.9. The zero-order valence-electron chi connectivity index (χ0n) is 22.5. The van der Waals surface area contributed by atoms with E-state index in [4.69, 9.17) is 4.74 Å². The van der Waals surface area contributed by atoms with Crippen LogP contribution >= 0.6 is 0 Å². The first-order valence-corrected chi connectivity index (χ1v) is 12.4. The van der Waals surface area contributed by atoms with E-state index < -0.39 is 11.5 Å². The van der Waals surface area contributed by atoms with Crippen LogP contribution in [-0.4, -0.2) is 72.0 Å². The second kappa shape index (κ2) is 12.5. The number of carbonyl (C=O) groups excluding carboxylic acids is 3. The molecule has 1 rings (SSSR count). The molecule has 0 aliphatic carbocycles. The summed E-state index contributed by atoms with van der Waals surface area (Å²) in [5, 5.41) is 3.10. The smallest absolute Gasteiger partial charge is 0.333 e. The lowest BCUT2D eigenvalue weighted by atomic mass is 9.84. The summed E-state index contributed by atoms with van der Waals surface area (Å²) in [5.74, 6) is -0.538. The highest BCUT2D eigenvalue weighted by Crippen LogP contribution is 2.26. The van der Waals surface area contributed by atoms with Crippen LogP contribution in [0.3, 0.4) is 0 Å². The Hall–Kier alpha value is -1.89. The Kier molecular flexibility index (Phi) is 11.1. The molecule has 0 radical (unpaired) electrons. The van der Waals surface area contributed by atoms with Crippen molar-refractivity contribution >= 4 is 17.8 Å². The fourth-order valence-corrected chi connectivity index (χ4v) is 4.41. The van der Waals surface area contributed by atoms with Crippen LogP contribution in [0.25, 0.3) is 0 Å². The molecule has 7 nitrogen and oxygen atoms in total. The van der Waals surface area contributed by atoms with Gasteiger partial charge in [0.15, 0.2) is 0 Å². The van der Waals surface area contributed by atoms with Gasteiger partial charge in [-0.3, -0.25) is 14.5 Å². The van der Waals surface area contributed by atoms with Crippen LogP contribution in [0.4, 0.5) is 0 Å². The molecule has 7 heteroatoms. The number of amides is 2. The van der Waals surface area contributed by atoms with Gasteiger partial charge >= 0.3 is 5.97 Å². The van der Waals surface area contributed by atoms with Crippen LogP contribution in [0.15, 0.2) is 11.6 Å². The Labute approximate surface area is 201 Å². The lowest BCUT2D eigenvalue weighted by Crippen LogP contribution is -2.60. The number of esters is 1. The van der Waals surface area contributed by atoms with Gasteiger partial charge in [-0.15, -0.1) is 0 Å². The van der Waals surface area contributed by atoms with Crippen molar-refractivity contribution in [2.24, 2.45) is 11.3 Å². The summed E-state index contributed by atoms with van der Waals surface area (Å²) >= 11 is 0. The quantitative estimate of drug-likeness (QED) is 0.414. The normalized spacial score (nSPS) is 19.9. The van der Waals surface area contributed by atoms with E-state index in [1.165, 1.54) is 0 Å². The average molecular weight is 466 g/mol. The van der Waals surface area contributed by atoms with Gasteiger partial charge in [-0.05, 0) is 58.4 Å². The summed E-state index contributed by atoms with van der Waals surface area (Å²) in [6.07, 6.45) is 4.71. The fourth-order valence-electron chi connectivity index (χ4n) is 4.41. The van der Waals surface area contributed by atoms with Crippen LogP contribution in [0, 0.1) is 11.3 Å². The van der Waals surface area contributed by atoms with Crippen LogP contribution < -0.4 is 5.32 Å². The minimum Gasteiger partial charge on any atom is -0.463 e. The molecular formula is C26H47N3O4. The van der Waals surface area contributed by atoms with Gasteiger partial charge < -0.3 is 15.0 Å². The summed E-state index contributed by atoms with van der Waals surface area (Å²) in [5.41, 5.74) is 0.000989. The van der Waals surface area contributed by atoms with Crippen LogP contribution in [0.1, 0.15) is 81.6 Å². The standard InChI is InChI=1S/C26H47N3O4/c1-11-33-25(32)19(6)16-21(17(2)3)28(10)24(31)22(26(7,8)9)27-23(30)20-14-12-13-15-29(20)18(4)5/h16-18,20-22H,11-15H2,1-10H3,(H,27,30)/t20-,21+,22-/m1/s1. The van der Waals surface area contributed by atoms with Gasteiger partial charge in [0, 0.05) is 18.7 Å². The number of nitrogens with zero attached hydrogens (tertiary/aromatic N) is 2. The van der Waals surface area contributed by atoms with Crippen molar-refractivity contribution in [3.05, 3.63) is 11.6 Å². The molecule has 33 heavy (non-hydrogen) atoms. The van der Waals surface area contributed by atoms with E-state index >= 15 is 0 Å². The van der Waals surface area contributed by atoms with Crippen molar-refractivity contribution in [1.29, 1.82) is 0 Å². The SMILES string of the molecule is CCOC(=O)C(C)=C[C@@H](C(C)C)N(C)C(=O)[C@@H](NC(=O)[C@H]1CCCCN1C(C)C)C(C)(C)C. The number of hydrogen-bond acceptors (Lipinski definition) is 5. The predicted molar refractivity (Wildman–Crippen MR) is 133 cm³/mol. The van der Waals surface area contributed by atoms with Crippen LogP contribution in [0.5, 0.6) is 0 Å². The van der Waals surface area contributed by atoms with Crippen molar-refractivity contribution in [2.75, 3.05) is 20.2 Å². The molecule has 1 aliphatic heterocycles. The molecule has 0 aromatic rings. The maximum absolute atomic E-state index is 13.7. The molecule has 190 valence electrons. The number of nitrogens with one attached hydrogen (secondary N) is 1. The maximum atomic E-state index is 13.7. The molecule has 2 amide bonds. The number of likely N-dealkylation sites (N-methyl/N-ethyl adjacent to an activating group) is 1. The molecule has 0 unspecified atom stereocenters. The zero-order chi connectivity index (χ0) is 25.5. The second-order valence-corrected chi connectivity index (χ2v) is 10.9. The van der Waals surface area contributed by atoms with E-state index in [2.05, 4.69) is 24.1 Å². The van der Waals surface area contributed by atoms with Gasteiger partial charge in [-0.1, -0.05) is 47.1 Å². The molecule has 0 aromatic heterocycles. The highest BCUT2D eigenvalue weighted by Gasteiger charge is 2.39. The Balaban J connectivity index is 3.15. The lowest BCUT2D eigenvalue weighted by molar-refractivity contribution is -0.142. The summed E-state index contributed by atoms with van der Waals surface area (Å²) in [7, 11) is 1.74. The summed E-state index contributed by atoms with van der Waals surface area (Å²) < 4.78 is 5.10. The third kappa shape index (κ3) is 8.13. The molecule has 1 heterocycles. The summed E-state index contributed by atoms with van der Waals surface area (Å²) in [6.45, 7) is 18.8. The van der Waals surface area contributed by atoms with Gasteiger partial charge in [0.2, 0.25) is 11.8 Å². The monoisotopic (exact) mass is 465 g/mol. The van der Waals surface area contributed by atoms with Crippen LogP contribution in [-0.2, 0) is 19.1 Å². The fraction of sp³-hybridized carbons (Fsp3) is 0.808. The molecule has 1 aliphatic rings. The zero-order valence-corrected chi connectivity index (χ0v) is 22.5. The Morgan fingerprint density at radius 2 is 1.76 bits per heavy atom. The van der Waals surface area contributed by atoms with E-state index in [0.717, 1.165) is 25.8 Å². The Morgan fingerprint density at radius 1 is 1.15 bits per heavy atom. The molecular weight excluding hydrogens is 418 g/mol. The highest BCUT2D eigenvalue weighted by atomic mass is 16.5. The van der Waals surface area contributed by atoms with Gasteiger partial charge in [-0.2, -0.15) is 0 Å². The first-order valence-electron chi connectivity index (χ1n) is 12.4. The molecule has 0 saturated carbocycles. The highest BCUT2D eigenvalue weighted by molar-refractivity contribution is 5.91. The van der Waals surface area contributed by atoms with Crippen molar-refractivity contribution in [2.45, 2.75) is 106 Å². The molecule has 0 bridgehead atoms. The number of likely N-dealkylation sites (tertiary alicyclic amines) is 1. The predicted octanol–water partition coefficient (Wildman–Crippen LogP) is 3.77. The minimum atomic E-state index is -0.677. The van der Waals surface area contributed by atoms with Gasteiger partial charge in [-0.25, -0.2) is 4.79 Å². The molecule has 1 fully saturated rings. The Morgan fingerprint density at radius 3 is 2.24 bits per heavy atom. The number of carbonyl (C=O) groups is 3. The summed E-state index contributed by atoms with van der Waals surface area (Å²) in [6, 6.07) is -0.920. The topological polar surface area (TPSA) is 79.0 Å². The lowest BCUT2D eigenvalue weighted by Gasteiger charge is -2.41. The molecule has 0 aromatic carbocycles. The van der Waals surface area contributed by atoms with Crippen molar-refractivity contribution in [1.82, 2.24) is 15.1 Å². The average Bonchev–Trinajstić information content (AvgIpc) is 2.73. The maximum Gasteiger partial charge on any atom is 0.333 e. The van der Waals surface area contributed by atoms with Gasteiger partial charge in [0.25, 0.3) is 0 Å². The van der Waals surface area contributed by atoms with Crippen molar-refractivity contribution in [3.8, 4) is 0 Å². The molecule has 1 saturated heterocycles. The van der Waals surface area contributed by atoms with E-state index in [1.807, 2.05) is 34.6 Å². The first-order chi connectivity index (χ1) is 15.2. The van der Waals surface area contributed by atoms with Crippen LogP contribution in [0.2, 0.25) is 0 Å². The number of piperidine rings is 1. The third-order valence-electron chi connectivity index (χ3n) is 6.41. The number of ether oxygens (including phenoxy) is 1. The Bertz CT molecular complexity index is 709. The largest absolute Gasteiger partial charge is 0.463 e. The van der Waals surface area contributed by atoms with E-state index in [9.17, 15) is 14.4 Å². The van der Waals surface area contributed by atoms with Crippen molar-refractivity contribution in [3.63, 3.8) is 0 Å². The summed E-state index contributed by atoms with van der Waals surface area (Å²) in [4.78, 5) is 43.1.